The van der Waals surface area contributed by atoms with Crippen molar-refractivity contribution >= 4 is 5.97 Å². The summed E-state index contributed by atoms with van der Waals surface area (Å²) < 4.78 is 5.47. The van der Waals surface area contributed by atoms with Crippen molar-refractivity contribution in [2.75, 3.05) is 0 Å². The highest BCUT2D eigenvalue weighted by Crippen LogP contribution is 2.39. The number of carboxylic acid groups (broad SMARTS) is 1. The molecule has 4 heteroatoms. The lowest BCUT2D eigenvalue weighted by molar-refractivity contribution is -0.146. The van der Waals surface area contributed by atoms with E-state index >= 15 is 0 Å². The van der Waals surface area contributed by atoms with Crippen molar-refractivity contribution < 1.29 is 14.3 Å². The van der Waals surface area contributed by atoms with Crippen LogP contribution in [-0.2, 0) is 11.3 Å². The maximum Gasteiger partial charge on any atom is 0.308 e. The van der Waals surface area contributed by atoms with E-state index in [1.165, 1.54) is 12.8 Å². The molecular formula is C16H23NO3. The molecule has 0 bridgehead atoms. The third-order valence-electron chi connectivity index (χ3n) is 4.76. The number of furan rings is 1. The van der Waals surface area contributed by atoms with Gasteiger partial charge in [0, 0.05) is 12.1 Å². The Labute approximate surface area is 119 Å². The summed E-state index contributed by atoms with van der Waals surface area (Å²) >= 11 is 0. The monoisotopic (exact) mass is 277 g/mol. The van der Waals surface area contributed by atoms with Gasteiger partial charge in [-0.3, -0.25) is 9.69 Å². The molecule has 3 rings (SSSR count). The van der Waals surface area contributed by atoms with Crippen molar-refractivity contribution in [1.29, 1.82) is 0 Å². The molecule has 0 spiro atoms. The Morgan fingerprint density at radius 2 is 2.20 bits per heavy atom. The molecule has 2 saturated carbocycles. The predicted octanol–water partition coefficient (Wildman–Crippen LogP) is 3.13. The second kappa shape index (κ2) is 5.60. The Morgan fingerprint density at radius 1 is 1.40 bits per heavy atom. The van der Waals surface area contributed by atoms with E-state index in [1.54, 1.807) is 6.26 Å². The number of carboxylic acids is 1. The minimum atomic E-state index is -0.632. The van der Waals surface area contributed by atoms with Gasteiger partial charge in [-0.25, -0.2) is 0 Å². The smallest absolute Gasteiger partial charge is 0.308 e. The highest BCUT2D eigenvalue weighted by molar-refractivity contribution is 5.71. The van der Waals surface area contributed by atoms with Gasteiger partial charge in [-0.1, -0.05) is 6.92 Å². The van der Waals surface area contributed by atoms with E-state index < -0.39 is 5.97 Å². The zero-order chi connectivity index (χ0) is 14.1. The first-order chi connectivity index (χ1) is 9.65. The SMILES string of the molecule is CC1CCC(C(=O)O)C(N(Cc2ccco2)C2CC2)C1. The van der Waals surface area contributed by atoms with Gasteiger partial charge in [0.15, 0.2) is 0 Å². The molecule has 2 fully saturated rings. The van der Waals surface area contributed by atoms with Crippen LogP contribution in [0.2, 0.25) is 0 Å². The summed E-state index contributed by atoms with van der Waals surface area (Å²) in [5.74, 6) is 0.710. The Balaban J connectivity index is 1.78. The van der Waals surface area contributed by atoms with Gasteiger partial charge in [-0.15, -0.1) is 0 Å². The quantitative estimate of drug-likeness (QED) is 0.898. The summed E-state index contributed by atoms with van der Waals surface area (Å²) in [5.41, 5.74) is 0. The maximum absolute atomic E-state index is 11.6. The highest BCUT2D eigenvalue weighted by Gasteiger charge is 2.42. The lowest BCUT2D eigenvalue weighted by atomic mass is 9.78. The van der Waals surface area contributed by atoms with Crippen molar-refractivity contribution in [1.82, 2.24) is 4.90 Å². The van der Waals surface area contributed by atoms with Crippen LogP contribution in [0.3, 0.4) is 0 Å². The number of hydrogen-bond acceptors (Lipinski definition) is 3. The molecule has 4 nitrogen and oxygen atoms in total. The minimum absolute atomic E-state index is 0.161. The molecule has 3 unspecified atom stereocenters. The predicted molar refractivity (Wildman–Crippen MR) is 75.2 cm³/mol. The van der Waals surface area contributed by atoms with Gasteiger partial charge < -0.3 is 9.52 Å². The van der Waals surface area contributed by atoms with Gasteiger partial charge in [-0.2, -0.15) is 0 Å². The van der Waals surface area contributed by atoms with Crippen molar-refractivity contribution in [3.63, 3.8) is 0 Å². The topological polar surface area (TPSA) is 53.7 Å². The van der Waals surface area contributed by atoms with Crippen LogP contribution < -0.4 is 0 Å². The zero-order valence-corrected chi connectivity index (χ0v) is 12.0. The van der Waals surface area contributed by atoms with Crippen LogP contribution >= 0.6 is 0 Å². The second-order valence-electron chi connectivity index (χ2n) is 6.41. The summed E-state index contributed by atoms with van der Waals surface area (Å²) in [5, 5.41) is 9.52. The molecule has 20 heavy (non-hydrogen) atoms. The molecule has 1 aromatic rings. The van der Waals surface area contributed by atoms with Gasteiger partial charge in [0.05, 0.1) is 18.7 Å². The minimum Gasteiger partial charge on any atom is -0.481 e. The van der Waals surface area contributed by atoms with Gasteiger partial charge in [-0.05, 0) is 50.2 Å². The van der Waals surface area contributed by atoms with Crippen LogP contribution in [0.1, 0.15) is 44.8 Å². The molecule has 0 saturated heterocycles. The van der Waals surface area contributed by atoms with E-state index in [0.717, 1.165) is 31.6 Å². The molecule has 1 aromatic heterocycles. The molecule has 0 radical (unpaired) electrons. The molecule has 0 aromatic carbocycles. The third-order valence-corrected chi connectivity index (χ3v) is 4.76. The van der Waals surface area contributed by atoms with Crippen LogP contribution in [0.25, 0.3) is 0 Å². The van der Waals surface area contributed by atoms with E-state index in [1.807, 2.05) is 12.1 Å². The molecule has 0 aliphatic heterocycles. The van der Waals surface area contributed by atoms with Crippen LogP contribution in [0, 0.1) is 11.8 Å². The van der Waals surface area contributed by atoms with E-state index in [2.05, 4.69) is 11.8 Å². The fourth-order valence-electron chi connectivity index (χ4n) is 3.51. The average molecular weight is 277 g/mol. The van der Waals surface area contributed by atoms with Crippen LogP contribution in [0.5, 0.6) is 0 Å². The molecule has 2 aliphatic carbocycles. The zero-order valence-electron chi connectivity index (χ0n) is 12.0. The standard InChI is InChI=1S/C16H23NO3/c1-11-4-7-14(16(18)19)15(9-11)17(12-5-6-12)10-13-3-2-8-20-13/h2-3,8,11-12,14-15H,4-7,9-10H2,1H3,(H,18,19). The summed E-state index contributed by atoms with van der Waals surface area (Å²) in [6, 6.07) is 4.60. The maximum atomic E-state index is 11.6. The highest BCUT2D eigenvalue weighted by atomic mass is 16.4. The summed E-state index contributed by atoms with van der Waals surface area (Å²) in [6.07, 6.45) is 6.91. The Bertz CT molecular complexity index is 452. The fourth-order valence-corrected chi connectivity index (χ4v) is 3.51. The van der Waals surface area contributed by atoms with Gasteiger partial charge in [0.1, 0.15) is 5.76 Å². The van der Waals surface area contributed by atoms with Crippen LogP contribution in [0.15, 0.2) is 22.8 Å². The summed E-state index contributed by atoms with van der Waals surface area (Å²) in [7, 11) is 0. The number of aliphatic carboxylic acids is 1. The number of nitrogens with zero attached hydrogens (tertiary/aromatic N) is 1. The Kier molecular flexibility index (Phi) is 3.83. The first kappa shape index (κ1) is 13.7. The summed E-state index contributed by atoms with van der Waals surface area (Å²) in [6.45, 7) is 2.99. The van der Waals surface area contributed by atoms with E-state index in [0.29, 0.717) is 12.0 Å². The number of rotatable bonds is 5. The normalized spacial score (nSPS) is 30.6. The number of carbonyl (C=O) groups is 1. The molecular weight excluding hydrogens is 254 g/mol. The van der Waals surface area contributed by atoms with Gasteiger partial charge in [0.25, 0.3) is 0 Å². The van der Waals surface area contributed by atoms with Crippen LogP contribution in [-0.4, -0.2) is 28.1 Å². The molecule has 2 aliphatic rings. The summed E-state index contributed by atoms with van der Waals surface area (Å²) in [4.78, 5) is 14.0. The number of hydrogen-bond donors (Lipinski definition) is 1. The van der Waals surface area contributed by atoms with E-state index in [4.69, 9.17) is 4.42 Å². The lowest BCUT2D eigenvalue weighted by Crippen LogP contribution is -2.47. The lowest BCUT2D eigenvalue weighted by Gasteiger charge is -2.40. The first-order valence-corrected chi connectivity index (χ1v) is 7.66. The Hall–Kier alpha value is -1.29. The fraction of sp³-hybridized carbons (Fsp3) is 0.688. The molecule has 110 valence electrons. The largest absolute Gasteiger partial charge is 0.481 e. The van der Waals surface area contributed by atoms with Crippen LogP contribution in [0.4, 0.5) is 0 Å². The van der Waals surface area contributed by atoms with E-state index in [9.17, 15) is 9.90 Å². The van der Waals surface area contributed by atoms with Crippen molar-refractivity contribution in [2.24, 2.45) is 11.8 Å². The van der Waals surface area contributed by atoms with Crippen molar-refractivity contribution in [2.45, 2.75) is 57.7 Å². The molecule has 0 amide bonds. The third kappa shape index (κ3) is 2.90. The van der Waals surface area contributed by atoms with Gasteiger partial charge in [0.2, 0.25) is 0 Å². The second-order valence-corrected chi connectivity index (χ2v) is 6.41. The first-order valence-electron chi connectivity index (χ1n) is 7.66. The molecule has 1 N–H and O–H groups in total. The van der Waals surface area contributed by atoms with Crippen molar-refractivity contribution in [3.05, 3.63) is 24.2 Å². The average Bonchev–Trinajstić information content (AvgIpc) is 3.12. The van der Waals surface area contributed by atoms with Gasteiger partial charge >= 0.3 is 5.97 Å². The molecule has 1 heterocycles. The molecule has 3 atom stereocenters. The van der Waals surface area contributed by atoms with E-state index in [-0.39, 0.29) is 12.0 Å². The Morgan fingerprint density at radius 3 is 2.80 bits per heavy atom. The van der Waals surface area contributed by atoms with Crippen molar-refractivity contribution in [3.8, 4) is 0 Å².